The largest absolute Gasteiger partial charge is 0.381 e. The molecule has 14 heavy (non-hydrogen) atoms. The molecule has 0 aliphatic carbocycles. The van der Waals surface area contributed by atoms with E-state index in [2.05, 4.69) is 33.0 Å². The minimum Gasteiger partial charge on any atom is -0.381 e. The lowest BCUT2D eigenvalue weighted by atomic mass is 9.81. The van der Waals surface area contributed by atoms with Gasteiger partial charge in [-0.1, -0.05) is 27.7 Å². The van der Waals surface area contributed by atoms with Gasteiger partial charge in [0.15, 0.2) is 0 Å². The Kier molecular flexibility index (Phi) is 4.39. The molecule has 84 valence electrons. The fraction of sp³-hybridized carbons (Fsp3) is 1.00. The Morgan fingerprint density at radius 2 is 2.14 bits per heavy atom. The van der Waals surface area contributed by atoms with E-state index in [9.17, 15) is 0 Å². The molecule has 0 aromatic heterocycles. The van der Waals surface area contributed by atoms with Crippen molar-refractivity contribution < 1.29 is 4.74 Å². The fourth-order valence-electron chi connectivity index (χ4n) is 2.09. The first-order valence-electron chi connectivity index (χ1n) is 5.85. The first-order chi connectivity index (χ1) is 6.54. The zero-order valence-electron chi connectivity index (χ0n) is 10.1. The molecule has 1 aliphatic rings. The summed E-state index contributed by atoms with van der Waals surface area (Å²) in [6.45, 7) is 12.1. The van der Waals surface area contributed by atoms with Crippen LogP contribution < -0.4 is 5.32 Å². The molecule has 0 spiro atoms. The van der Waals surface area contributed by atoms with Crippen molar-refractivity contribution in [2.45, 2.75) is 46.6 Å². The zero-order valence-corrected chi connectivity index (χ0v) is 10.1. The summed E-state index contributed by atoms with van der Waals surface area (Å²) < 4.78 is 5.42. The molecular formula is C12H25NO. The predicted octanol–water partition coefficient (Wildman–Crippen LogP) is 2.44. The molecule has 0 radical (unpaired) electrons. The predicted molar refractivity (Wildman–Crippen MR) is 60.5 cm³/mol. The van der Waals surface area contributed by atoms with E-state index in [0.29, 0.717) is 11.5 Å². The van der Waals surface area contributed by atoms with Gasteiger partial charge in [0, 0.05) is 19.3 Å². The van der Waals surface area contributed by atoms with Crippen LogP contribution in [0.2, 0.25) is 0 Å². The van der Waals surface area contributed by atoms with Crippen molar-refractivity contribution in [1.29, 1.82) is 0 Å². The van der Waals surface area contributed by atoms with Crippen LogP contribution in [0.15, 0.2) is 0 Å². The van der Waals surface area contributed by atoms with Gasteiger partial charge in [-0.15, -0.1) is 0 Å². The minimum absolute atomic E-state index is 0.360. The molecule has 1 rings (SSSR count). The van der Waals surface area contributed by atoms with Crippen LogP contribution in [0.25, 0.3) is 0 Å². The highest BCUT2D eigenvalue weighted by Crippen LogP contribution is 2.27. The number of hydrogen-bond donors (Lipinski definition) is 1. The molecule has 0 amide bonds. The number of nitrogens with one attached hydrogen (secondary N) is 1. The van der Waals surface area contributed by atoms with Crippen LogP contribution >= 0.6 is 0 Å². The van der Waals surface area contributed by atoms with Crippen molar-refractivity contribution in [3.63, 3.8) is 0 Å². The monoisotopic (exact) mass is 199 g/mol. The molecule has 1 aliphatic heterocycles. The van der Waals surface area contributed by atoms with Gasteiger partial charge in [0.05, 0.1) is 0 Å². The van der Waals surface area contributed by atoms with E-state index < -0.39 is 0 Å². The standard InChI is InChI=1S/C12H25NO/c1-5-13-11(12(2,3)4)8-10-6-7-14-9-10/h10-11,13H,5-9H2,1-4H3. The first kappa shape index (κ1) is 12.0. The zero-order chi connectivity index (χ0) is 10.6. The first-order valence-corrected chi connectivity index (χ1v) is 5.85. The molecule has 2 nitrogen and oxygen atoms in total. The van der Waals surface area contributed by atoms with E-state index in [1.165, 1.54) is 12.8 Å². The maximum Gasteiger partial charge on any atom is 0.0495 e. The molecule has 2 unspecified atom stereocenters. The molecule has 0 aromatic carbocycles. The highest BCUT2D eigenvalue weighted by molar-refractivity contribution is 4.83. The third-order valence-electron chi connectivity index (χ3n) is 3.09. The molecule has 0 aromatic rings. The second-order valence-electron chi connectivity index (χ2n) is 5.44. The average Bonchev–Trinajstić information content (AvgIpc) is 2.54. The number of rotatable bonds is 4. The molecule has 1 heterocycles. The van der Waals surface area contributed by atoms with Crippen molar-refractivity contribution in [3.05, 3.63) is 0 Å². The topological polar surface area (TPSA) is 21.3 Å². The van der Waals surface area contributed by atoms with Gasteiger partial charge in [-0.2, -0.15) is 0 Å². The smallest absolute Gasteiger partial charge is 0.0495 e. The lowest BCUT2D eigenvalue weighted by Crippen LogP contribution is -2.41. The van der Waals surface area contributed by atoms with Crippen LogP contribution in [0.3, 0.4) is 0 Å². The van der Waals surface area contributed by atoms with E-state index in [1.54, 1.807) is 0 Å². The number of ether oxygens (including phenoxy) is 1. The van der Waals surface area contributed by atoms with E-state index in [-0.39, 0.29) is 0 Å². The van der Waals surface area contributed by atoms with Gasteiger partial charge in [-0.25, -0.2) is 0 Å². The Morgan fingerprint density at radius 1 is 1.43 bits per heavy atom. The van der Waals surface area contributed by atoms with Crippen molar-refractivity contribution >= 4 is 0 Å². The van der Waals surface area contributed by atoms with E-state index in [4.69, 9.17) is 4.74 Å². The molecule has 0 saturated carbocycles. The van der Waals surface area contributed by atoms with E-state index >= 15 is 0 Å². The van der Waals surface area contributed by atoms with Crippen LogP contribution in [0.1, 0.15) is 40.5 Å². The van der Waals surface area contributed by atoms with Gasteiger partial charge < -0.3 is 10.1 Å². The van der Waals surface area contributed by atoms with Crippen LogP contribution in [-0.4, -0.2) is 25.8 Å². The summed E-state index contributed by atoms with van der Waals surface area (Å²) in [6, 6.07) is 0.624. The summed E-state index contributed by atoms with van der Waals surface area (Å²) in [5, 5.41) is 3.59. The minimum atomic E-state index is 0.360. The maximum atomic E-state index is 5.42. The quantitative estimate of drug-likeness (QED) is 0.751. The van der Waals surface area contributed by atoms with Crippen LogP contribution in [0.4, 0.5) is 0 Å². The average molecular weight is 199 g/mol. The summed E-state index contributed by atoms with van der Waals surface area (Å²) in [6.07, 6.45) is 2.51. The van der Waals surface area contributed by atoms with E-state index in [1.807, 2.05) is 0 Å². The van der Waals surface area contributed by atoms with Crippen LogP contribution in [0.5, 0.6) is 0 Å². The van der Waals surface area contributed by atoms with Gasteiger partial charge in [0.1, 0.15) is 0 Å². The fourth-order valence-corrected chi connectivity index (χ4v) is 2.09. The molecule has 1 saturated heterocycles. The van der Waals surface area contributed by atoms with Gasteiger partial charge in [0.2, 0.25) is 0 Å². The van der Waals surface area contributed by atoms with Crippen LogP contribution in [-0.2, 0) is 4.74 Å². The third kappa shape index (κ3) is 3.58. The third-order valence-corrected chi connectivity index (χ3v) is 3.09. The second kappa shape index (κ2) is 5.13. The summed E-state index contributed by atoms with van der Waals surface area (Å²) in [4.78, 5) is 0. The Morgan fingerprint density at radius 3 is 2.57 bits per heavy atom. The molecular weight excluding hydrogens is 174 g/mol. The van der Waals surface area contributed by atoms with E-state index in [0.717, 1.165) is 25.7 Å². The Bertz CT molecular complexity index is 156. The molecule has 0 bridgehead atoms. The second-order valence-corrected chi connectivity index (χ2v) is 5.44. The Labute approximate surface area is 88.4 Å². The summed E-state index contributed by atoms with van der Waals surface area (Å²) in [5.74, 6) is 0.776. The van der Waals surface area contributed by atoms with Crippen LogP contribution in [0, 0.1) is 11.3 Å². The lowest BCUT2D eigenvalue weighted by Gasteiger charge is -2.33. The van der Waals surface area contributed by atoms with Gasteiger partial charge in [-0.05, 0) is 30.7 Å². The Balaban J connectivity index is 2.41. The molecule has 1 N–H and O–H groups in total. The molecule has 2 atom stereocenters. The van der Waals surface area contributed by atoms with Gasteiger partial charge in [-0.3, -0.25) is 0 Å². The summed E-state index contributed by atoms with van der Waals surface area (Å²) >= 11 is 0. The summed E-state index contributed by atoms with van der Waals surface area (Å²) in [5.41, 5.74) is 0.360. The van der Waals surface area contributed by atoms with Crippen molar-refractivity contribution in [3.8, 4) is 0 Å². The maximum absolute atomic E-state index is 5.42. The SMILES string of the molecule is CCNC(CC1CCOC1)C(C)(C)C. The highest BCUT2D eigenvalue weighted by atomic mass is 16.5. The normalized spacial score (nSPS) is 25.3. The van der Waals surface area contributed by atoms with Crippen molar-refractivity contribution in [1.82, 2.24) is 5.32 Å². The number of hydrogen-bond acceptors (Lipinski definition) is 2. The molecule has 1 fully saturated rings. The van der Waals surface area contributed by atoms with Gasteiger partial charge >= 0.3 is 0 Å². The van der Waals surface area contributed by atoms with Crippen molar-refractivity contribution in [2.75, 3.05) is 19.8 Å². The molecule has 2 heteroatoms. The van der Waals surface area contributed by atoms with Gasteiger partial charge in [0.25, 0.3) is 0 Å². The van der Waals surface area contributed by atoms with Crippen molar-refractivity contribution in [2.24, 2.45) is 11.3 Å². The summed E-state index contributed by atoms with van der Waals surface area (Å²) in [7, 11) is 0. The lowest BCUT2D eigenvalue weighted by molar-refractivity contribution is 0.169. The highest BCUT2D eigenvalue weighted by Gasteiger charge is 2.28. The Hall–Kier alpha value is -0.0800.